The maximum atomic E-state index is 13.0. The molecule has 0 fully saturated rings. The van der Waals surface area contributed by atoms with Crippen LogP contribution in [0.1, 0.15) is 258 Å². The summed E-state index contributed by atoms with van der Waals surface area (Å²) in [5, 5.41) is 14.1. The molecule has 0 saturated carbocycles. The first-order valence-corrected chi connectivity index (χ1v) is 34.0. The van der Waals surface area contributed by atoms with Crippen LogP contribution in [0.15, 0.2) is 134 Å². The number of unbranched alkanes of at least 4 members (excludes halogenated alkanes) is 23. The summed E-state index contributed by atoms with van der Waals surface area (Å²) in [5.74, 6) is -0.159. The second kappa shape index (κ2) is 60.2. The van der Waals surface area contributed by atoms with Crippen molar-refractivity contribution in [2.24, 2.45) is 0 Å². The van der Waals surface area contributed by atoms with E-state index in [4.69, 9.17) is 9.05 Å². The molecule has 0 spiro atoms. The van der Waals surface area contributed by atoms with Gasteiger partial charge in [-0.25, -0.2) is 4.57 Å². The Bertz CT molecular complexity index is 1760. The summed E-state index contributed by atoms with van der Waals surface area (Å²) in [6, 6.07) is -0.776. The van der Waals surface area contributed by atoms with Gasteiger partial charge in [0, 0.05) is 6.42 Å². The predicted molar refractivity (Wildman–Crippen MR) is 350 cm³/mol. The zero-order chi connectivity index (χ0) is 58.4. The third-order valence-corrected chi connectivity index (χ3v) is 14.9. The van der Waals surface area contributed by atoms with Crippen LogP contribution in [-0.2, 0) is 18.4 Å². The highest BCUT2D eigenvalue weighted by Gasteiger charge is 2.28. The molecule has 1 amide bonds. The Morgan fingerprint density at radius 3 is 1.10 bits per heavy atom. The van der Waals surface area contributed by atoms with Gasteiger partial charge in [0.15, 0.2) is 0 Å². The van der Waals surface area contributed by atoms with Crippen molar-refractivity contribution in [1.29, 1.82) is 0 Å². The second-order valence-electron chi connectivity index (χ2n) is 22.8. The summed E-state index contributed by atoms with van der Waals surface area (Å²) in [7, 11) is 1.59. The fourth-order valence-electron chi connectivity index (χ4n) is 8.88. The van der Waals surface area contributed by atoms with E-state index in [0.29, 0.717) is 23.9 Å². The molecule has 8 nitrogen and oxygen atoms in total. The number of carbonyl (C=O) groups excluding carboxylic acids is 1. The molecule has 3 atom stereocenters. The Hall–Kier alpha value is -3.36. The largest absolute Gasteiger partial charge is 0.472 e. The number of nitrogens with zero attached hydrogens (tertiary/aromatic N) is 1. The number of quaternary nitrogens is 1. The van der Waals surface area contributed by atoms with Crippen molar-refractivity contribution in [1.82, 2.24) is 5.32 Å². The third kappa shape index (κ3) is 62.2. The van der Waals surface area contributed by atoms with Crippen LogP contribution in [0.5, 0.6) is 0 Å². The van der Waals surface area contributed by atoms with Crippen LogP contribution in [-0.4, -0.2) is 73.4 Å². The number of likely N-dealkylation sites (N-methyl/N-ethyl adjacent to an activating group) is 1. The number of hydrogen-bond donors (Lipinski definition) is 3. The molecule has 0 aromatic heterocycles. The molecule has 0 rings (SSSR count). The molecule has 0 bridgehead atoms. The number of hydrogen-bond acceptors (Lipinski definition) is 5. The summed E-state index contributed by atoms with van der Waals surface area (Å²) in [5.41, 5.74) is 0. The standard InChI is InChI=1S/C71H123N2O6P/c1-6-8-10-12-14-16-18-20-22-24-25-26-27-28-29-30-31-32-33-34-35-36-37-38-39-40-41-42-43-44-45-46-47-49-51-53-55-57-59-61-63-65-71(75)72-69(68-79-80(76,77)78-67-66-73(3,4)5)70(74)64-62-60-58-56-54-52-50-48-23-21-19-17-15-13-11-9-7-2/h8,10,14,16,20,22,25-26,28-29,31-32,34-35,37-38,40-41,43-44,46-47,69-70,74H,6-7,9,11-13,15,17-19,21,23-24,27,30,33,36,39,42,45,48-68H2,1-5H3,(H-,72,75,76,77)/p+1/b10-8-,16-14-,22-20-,26-25-,29-28-,32-31-,35-34-,38-37-,41-40-,44-43-,47-46-. The van der Waals surface area contributed by atoms with E-state index in [1.54, 1.807) is 0 Å². The topological polar surface area (TPSA) is 105 Å². The molecule has 0 aliphatic heterocycles. The van der Waals surface area contributed by atoms with Gasteiger partial charge in [0.1, 0.15) is 13.2 Å². The van der Waals surface area contributed by atoms with Crippen molar-refractivity contribution in [3.8, 4) is 0 Å². The molecule has 0 saturated heterocycles. The number of amides is 1. The molecule has 3 N–H and O–H groups in total. The lowest BCUT2D eigenvalue weighted by Crippen LogP contribution is -2.46. The van der Waals surface area contributed by atoms with E-state index in [0.717, 1.165) is 122 Å². The number of phosphoric ester groups is 1. The summed E-state index contributed by atoms with van der Waals surface area (Å²) >= 11 is 0. The monoisotopic (exact) mass is 1130 g/mol. The van der Waals surface area contributed by atoms with Gasteiger partial charge >= 0.3 is 7.82 Å². The predicted octanol–water partition coefficient (Wildman–Crippen LogP) is 20.7. The molecule has 3 unspecified atom stereocenters. The van der Waals surface area contributed by atoms with Crippen molar-refractivity contribution >= 4 is 13.7 Å². The van der Waals surface area contributed by atoms with Gasteiger partial charge in [-0.3, -0.25) is 13.8 Å². The Morgan fingerprint density at radius 2 is 0.750 bits per heavy atom. The number of aliphatic hydroxyl groups excluding tert-OH is 1. The number of rotatable bonds is 58. The van der Waals surface area contributed by atoms with Crippen LogP contribution in [0, 0.1) is 0 Å². The number of nitrogens with one attached hydrogen (secondary N) is 1. The number of aliphatic hydroxyl groups is 1. The first-order valence-electron chi connectivity index (χ1n) is 32.5. The second-order valence-corrected chi connectivity index (χ2v) is 24.2. The van der Waals surface area contributed by atoms with Crippen molar-refractivity contribution in [3.63, 3.8) is 0 Å². The van der Waals surface area contributed by atoms with Crippen molar-refractivity contribution in [2.75, 3.05) is 40.9 Å². The summed E-state index contributed by atoms with van der Waals surface area (Å²) in [6.45, 7) is 4.77. The van der Waals surface area contributed by atoms with Gasteiger partial charge in [0.2, 0.25) is 5.91 Å². The quantitative estimate of drug-likeness (QED) is 0.0243. The number of carbonyl (C=O) groups is 1. The molecule has 0 aromatic carbocycles. The van der Waals surface area contributed by atoms with E-state index in [-0.39, 0.29) is 19.1 Å². The van der Waals surface area contributed by atoms with Crippen LogP contribution >= 0.6 is 7.82 Å². The molecule has 0 aromatic rings. The Morgan fingerprint density at radius 1 is 0.438 bits per heavy atom. The smallest absolute Gasteiger partial charge is 0.391 e. The molecule has 458 valence electrons. The van der Waals surface area contributed by atoms with Crippen LogP contribution < -0.4 is 5.32 Å². The third-order valence-electron chi connectivity index (χ3n) is 13.9. The summed E-state index contributed by atoms with van der Waals surface area (Å²) < 4.78 is 23.8. The van der Waals surface area contributed by atoms with Crippen molar-refractivity contribution < 1.29 is 32.9 Å². The normalized spacial score (nSPS) is 14.6. The molecule has 9 heteroatoms. The SMILES string of the molecule is CC/C=C\C/C=C\C/C=C\C/C=C\C/C=C\C/C=C\C/C=C\C/C=C\C/C=C\C/C=C\C/C=C\CCCCCCCCCC(=O)NC(COP(=O)(O)OCC[N+](C)(C)C)C(O)CCCCCCCCCCCCCCCCCCC. The molecular weight excluding hydrogens is 1010 g/mol. The highest BCUT2D eigenvalue weighted by atomic mass is 31.2. The molecule has 0 radical (unpaired) electrons. The van der Waals surface area contributed by atoms with E-state index in [9.17, 15) is 19.4 Å². The lowest BCUT2D eigenvalue weighted by molar-refractivity contribution is -0.870. The number of phosphoric acid groups is 1. The van der Waals surface area contributed by atoms with Gasteiger partial charge in [-0.05, 0) is 96.3 Å². The van der Waals surface area contributed by atoms with Gasteiger partial charge in [0.25, 0.3) is 0 Å². The molecule has 0 heterocycles. The first kappa shape index (κ1) is 76.6. The summed E-state index contributed by atoms with van der Waals surface area (Å²) in [4.78, 5) is 23.4. The average molecular weight is 1130 g/mol. The highest BCUT2D eigenvalue weighted by Crippen LogP contribution is 2.43. The van der Waals surface area contributed by atoms with Gasteiger partial charge in [-0.2, -0.15) is 0 Å². The van der Waals surface area contributed by atoms with Crippen LogP contribution in [0.25, 0.3) is 0 Å². The van der Waals surface area contributed by atoms with E-state index >= 15 is 0 Å². The van der Waals surface area contributed by atoms with Gasteiger partial charge < -0.3 is 19.8 Å². The van der Waals surface area contributed by atoms with Crippen molar-refractivity contribution in [3.05, 3.63) is 134 Å². The first-order chi connectivity index (χ1) is 39.0. The Balaban J connectivity index is 4.12. The van der Waals surface area contributed by atoms with Crippen LogP contribution in [0.3, 0.4) is 0 Å². The zero-order valence-corrected chi connectivity index (χ0v) is 53.2. The minimum Gasteiger partial charge on any atom is -0.391 e. The van der Waals surface area contributed by atoms with Crippen molar-refractivity contribution in [2.45, 2.75) is 270 Å². The average Bonchev–Trinajstić information content (AvgIpc) is 3.42. The lowest BCUT2D eigenvalue weighted by Gasteiger charge is -2.26. The maximum Gasteiger partial charge on any atom is 0.472 e. The molecule has 0 aliphatic rings. The fourth-order valence-corrected chi connectivity index (χ4v) is 9.61. The maximum absolute atomic E-state index is 13.0. The minimum atomic E-state index is -4.34. The van der Waals surface area contributed by atoms with Gasteiger partial charge in [-0.15, -0.1) is 0 Å². The van der Waals surface area contributed by atoms with E-state index in [1.807, 2.05) is 21.1 Å². The molecule has 80 heavy (non-hydrogen) atoms. The highest BCUT2D eigenvalue weighted by molar-refractivity contribution is 7.47. The van der Waals surface area contributed by atoms with E-state index in [2.05, 4.69) is 153 Å². The van der Waals surface area contributed by atoms with Gasteiger partial charge in [0.05, 0.1) is 39.9 Å². The van der Waals surface area contributed by atoms with E-state index in [1.165, 1.54) is 109 Å². The minimum absolute atomic E-state index is 0.0664. The Kier molecular flexibility index (Phi) is 57.7. The van der Waals surface area contributed by atoms with Gasteiger partial charge in [-0.1, -0.05) is 289 Å². The molecular formula is C71H124N2O6P+. The molecule has 0 aliphatic carbocycles. The zero-order valence-electron chi connectivity index (χ0n) is 52.3. The summed E-state index contributed by atoms with van der Waals surface area (Å²) in [6.07, 6.45) is 91.0. The van der Waals surface area contributed by atoms with E-state index < -0.39 is 20.0 Å². The Labute approximate surface area is 494 Å². The number of allylic oxidation sites excluding steroid dienone is 22. The lowest BCUT2D eigenvalue weighted by atomic mass is 10.0. The van der Waals surface area contributed by atoms with Crippen LogP contribution in [0.4, 0.5) is 0 Å². The fraction of sp³-hybridized carbons (Fsp3) is 0.676. The van der Waals surface area contributed by atoms with Crippen LogP contribution in [0.2, 0.25) is 0 Å².